The molecule has 1 aliphatic rings. The number of aliphatic hydroxyl groups is 1. The van der Waals surface area contributed by atoms with Gasteiger partial charge in [-0.25, -0.2) is 0 Å². The van der Waals surface area contributed by atoms with Gasteiger partial charge in [0.2, 0.25) is 0 Å². The maximum Gasteiger partial charge on any atom is 0.161 e. The topological polar surface area (TPSA) is 90.7 Å². The van der Waals surface area contributed by atoms with E-state index in [0.717, 1.165) is 5.56 Å². The number of hydrogen-bond acceptors (Lipinski definition) is 5. The second-order valence-corrected chi connectivity index (χ2v) is 3.73. The second-order valence-electron chi connectivity index (χ2n) is 3.73. The molecule has 0 spiro atoms. The smallest absolute Gasteiger partial charge is 0.161 e. The average Bonchev–Trinajstić information content (AvgIpc) is 2.36. The minimum atomic E-state index is -0.748. The molecule has 0 saturated carbocycles. The summed E-state index contributed by atoms with van der Waals surface area (Å²) in [5.41, 5.74) is 12.0. The van der Waals surface area contributed by atoms with Gasteiger partial charge in [0, 0.05) is 6.54 Å². The van der Waals surface area contributed by atoms with E-state index >= 15 is 0 Å². The van der Waals surface area contributed by atoms with Gasteiger partial charge in [0.1, 0.15) is 13.2 Å². The second kappa shape index (κ2) is 4.69. The highest BCUT2D eigenvalue weighted by Crippen LogP contribution is 2.32. The fourth-order valence-electron chi connectivity index (χ4n) is 1.64. The number of rotatable bonds is 3. The summed E-state index contributed by atoms with van der Waals surface area (Å²) < 4.78 is 10.8. The number of benzene rings is 1. The van der Waals surface area contributed by atoms with Crippen LogP contribution >= 0.6 is 0 Å². The third-order valence-corrected chi connectivity index (χ3v) is 2.61. The Bertz CT molecular complexity index is 370. The highest BCUT2D eigenvalue weighted by Gasteiger charge is 2.18. The van der Waals surface area contributed by atoms with Crippen molar-refractivity contribution in [2.24, 2.45) is 11.5 Å². The molecule has 0 saturated heterocycles. The largest absolute Gasteiger partial charge is 0.486 e. The van der Waals surface area contributed by atoms with Crippen LogP contribution in [0.3, 0.4) is 0 Å². The molecule has 16 heavy (non-hydrogen) atoms. The maximum atomic E-state index is 9.56. The van der Waals surface area contributed by atoms with Crippen LogP contribution < -0.4 is 20.9 Å². The van der Waals surface area contributed by atoms with Crippen LogP contribution in [0, 0.1) is 0 Å². The van der Waals surface area contributed by atoms with Crippen LogP contribution in [0.2, 0.25) is 0 Å². The first-order valence-electron chi connectivity index (χ1n) is 5.25. The lowest BCUT2D eigenvalue weighted by Crippen LogP contribution is -2.32. The first-order valence-corrected chi connectivity index (χ1v) is 5.25. The van der Waals surface area contributed by atoms with Gasteiger partial charge in [-0.3, -0.25) is 0 Å². The zero-order chi connectivity index (χ0) is 11.5. The lowest BCUT2D eigenvalue weighted by atomic mass is 10.0. The third-order valence-electron chi connectivity index (χ3n) is 2.61. The van der Waals surface area contributed by atoms with E-state index in [1.54, 1.807) is 12.1 Å². The average molecular weight is 224 g/mol. The Kier molecular flexibility index (Phi) is 3.28. The molecule has 2 unspecified atom stereocenters. The van der Waals surface area contributed by atoms with Crippen molar-refractivity contribution >= 4 is 0 Å². The summed E-state index contributed by atoms with van der Waals surface area (Å²) in [6.45, 7) is 1.23. The molecule has 88 valence electrons. The molecule has 1 aromatic carbocycles. The van der Waals surface area contributed by atoms with Crippen LogP contribution in [0.1, 0.15) is 11.6 Å². The molecule has 5 heteroatoms. The maximum absolute atomic E-state index is 9.56. The summed E-state index contributed by atoms with van der Waals surface area (Å²) in [5, 5.41) is 9.56. The number of aliphatic hydroxyl groups excluding tert-OH is 1. The van der Waals surface area contributed by atoms with Crippen molar-refractivity contribution < 1.29 is 14.6 Å². The Morgan fingerprint density at radius 2 is 1.94 bits per heavy atom. The van der Waals surface area contributed by atoms with Crippen molar-refractivity contribution in [1.29, 1.82) is 0 Å². The van der Waals surface area contributed by atoms with E-state index in [2.05, 4.69) is 0 Å². The summed E-state index contributed by atoms with van der Waals surface area (Å²) in [6, 6.07) is 4.91. The van der Waals surface area contributed by atoms with Gasteiger partial charge in [0.05, 0.1) is 12.1 Å². The fraction of sp³-hybridized carbons (Fsp3) is 0.455. The van der Waals surface area contributed by atoms with E-state index in [1.807, 2.05) is 6.07 Å². The zero-order valence-electron chi connectivity index (χ0n) is 8.93. The van der Waals surface area contributed by atoms with Gasteiger partial charge in [0.25, 0.3) is 0 Å². The molecule has 0 bridgehead atoms. The van der Waals surface area contributed by atoms with E-state index in [0.29, 0.717) is 24.7 Å². The van der Waals surface area contributed by atoms with Crippen molar-refractivity contribution in [2.75, 3.05) is 19.8 Å². The Hall–Kier alpha value is -1.30. The monoisotopic (exact) mass is 224 g/mol. The molecule has 0 aliphatic carbocycles. The van der Waals surface area contributed by atoms with Crippen LogP contribution in [0.4, 0.5) is 0 Å². The van der Waals surface area contributed by atoms with Crippen LogP contribution in [0.25, 0.3) is 0 Å². The van der Waals surface area contributed by atoms with Crippen LogP contribution in [-0.4, -0.2) is 31.0 Å². The van der Waals surface area contributed by atoms with Gasteiger partial charge >= 0.3 is 0 Å². The Balaban J connectivity index is 2.22. The molecule has 1 heterocycles. The number of fused-ring (bicyclic) bond motifs is 1. The first-order chi connectivity index (χ1) is 7.72. The van der Waals surface area contributed by atoms with Crippen molar-refractivity contribution in [2.45, 2.75) is 12.1 Å². The zero-order valence-corrected chi connectivity index (χ0v) is 8.93. The summed E-state index contributed by atoms with van der Waals surface area (Å²) >= 11 is 0. The van der Waals surface area contributed by atoms with E-state index in [9.17, 15) is 5.11 Å². The van der Waals surface area contributed by atoms with Gasteiger partial charge < -0.3 is 26.0 Å². The van der Waals surface area contributed by atoms with Crippen molar-refractivity contribution in [3.05, 3.63) is 23.8 Å². The molecule has 0 amide bonds. The van der Waals surface area contributed by atoms with Crippen molar-refractivity contribution in [3.63, 3.8) is 0 Å². The van der Waals surface area contributed by atoms with E-state index < -0.39 is 12.1 Å². The van der Waals surface area contributed by atoms with Gasteiger partial charge in [-0.15, -0.1) is 0 Å². The minimum Gasteiger partial charge on any atom is -0.486 e. The highest BCUT2D eigenvalue weighted by atomic mass is 16.6. The Morgan fingerprint density at radius 1 is 1.25 bits per heavy atom. The quantitative estimate of drug-likeness (QED) is 0.660. The van der Waals surface area contributed by atoms with E-state index in [-0.39, 0.29) is 6.54 Å². The molecule has 0 radical (unpaired) electrons. The molecule has 2 rings (SSSR count). The number of nitrogens with two attached hydrogens (primary N) is 2. The molecule has 5 nitrogen and oxygen atoms in total. The summed E-state index contributed by atoms with van der Waals surface area (Å²) in [6.07, 6.45) is -0.748. The predicted octanol–water partition coefficient (Wildman–Crippen LogP) is -0.223. The predicted molar refractivity (Wildman–Crippen MR) is 59.4 cm³/mol. The highest BCUT2D eigenvalue weighted by molar-refractivity contribution is 5.44. The Labute approximate surface area is 94.0 Å². The molecular weight excluding hydrogens is 208 g/mol. The third kappa shape index (κ3) is 2.11. The molecule has 2 atom stereocenters. The molecule has 1 aliphatic heterocycles. The van der Waals surface area contributed by atoms with E-state index in [4.69, 9.17) is 20.9 Å². The normalized spacial score (nSPS) is 17.9. The van der Waals surface area contributed by atoms with Crippen molar-refractivity contribution in [1.82, 2.24) is 0 Å². The lowest BCUT2D eigenvalue weighted by Gasteiger charge is -2.22. The molecule has 0 aromatic heterocycles. The van der Waals surface area contributed by atoms with Gasteiger partial charge in [0.15, 0.2) is 11.5 Å². The lowest BCUT2D eigenvalue weighted by molar-refractivity contribution is 0.151. The van der Waals surface area contributed by atoms with Gasteiger partial charge in [-0.1, -0.05) is 6.07 Å². The molecule has 1 aromatic rings. The SMILES string of the molecule is NCC(O)C(N)c1ccc2c(c1)OCCO2. The molecular formula is C11H16N2O3. The fourth-order valence-corrected chi connectivity index (χ4v) is 1.64. The summed E-state index contributed by atoms with van der Waals surface area (Å²) in [5.74, 6) is 1.38. The molecule has 0 fully saturated rings. The van der Waals surface area contributed by atoms with Crippen molar-refractivity contribution in [3.8, 4) is 11.5 Å². The van der Waals surface area contributed by atoms with Gasteiger partial charge in [-0.05, 0) is 17.7 Å². The van der Waals surface area contributed by atoms with E-state index in [1.165, 1.54) is 0 Å². The van der Waals surface area contributed by atoms with Crippen LogP contribution in [0.5, 0.6) is 11.5 Å². The van der Waals surface area contributed by atoms with Crippen LogP contribution in [-0.2, 0) is 0 Å². The number of hydrogen-bond donors (Lipinski definition) is 3. The standard InChI is InChI=1S/C11H16N2O3/c12-6-8(14)11(13)7-1-2-9-10(5-7)16-4-3-15-9/h1-2,5,8,11,14H,3-4,6,12-13H2. The number of ether oxygens (including phenoxy) is 2. The minimum absolute atomic E-state index is 0.135. The van der Waals surface area contributed by atoms with Gasteiger partial charge in [-0.2, -0.15) is 0 Å². The summed E-state index contributed by atoms with van der Waals surface area (Å²) in [7, 11) is 0. The molecule has 5 N–H and O–H groups in total. The summed E-state index contributed by atoms with van der Waals surface area (Å²) in [4.78, 5) is 0. The first kappa shape index (κ1) is 11.2. The Morgan fingerprint density at radius 3 is 2.62 bits per heavy atom. The van der Waals surface area contributed by atoms with Crippen LogP contribution in [0.15, 0.2) is 18.2 Å².